The molecule has 1 aliphatic heterocycles. The first-order valence-corrected chi connectivity index (χ1v) is 16.6. The standard InChI is InChI=1S/C43H45NO4/c1-41(2,3)26-19-27(42(4,5)6)21-28(20-26)44-35-18-14-13-17-32(35)43(34-24-39(47-9)40(48-10)25-36(34)44)31-16-12-11-15-29(31)30-22-37(45-7)38(46-8)23-33(30)43/h11-25H,1-10H3. The molecular formula is C43H45NO4. The largest absolute Gasteiger partial charge is 0.493 e. The molecule has 0 bridgehead atoms. The number of fused-ring (bicyclic) bond motifs is 9. The van der Waals surface area contributed by atoms with Crippen LogP contribution in [0.2, 0.25) is 0 Å². The van der Waals surface area contributed by atoms with Gasteiger partial charge in [-0.3, -0.25) is 0 Å². The number of methoxy groups -OCH3 is 4. The molecule has 0 fully saturated rings. The monoisotopic (exact) mass is 639 g/mol. The van der Waals surface area contributed by atoms with Crippen LogP contribution >= 0.6 is 0 Å². The number of hydrogen-bond donors (Lipinski definition) is 0. The number of para-hydroxylation sites is 1. The Balaban J connectivity index is 1.66. The molecule has 2 aliphatic rings. The third-order valence-electron chi connectivity index (χ3n) is 10.2. The van der Waals surface area contributed by atoms with Gasteiger partial charge >= 0.3 is 0 Å². The first kappa shape index (κ1) is 31.7. The Morgan fingerprint density at radius 3 is 1.54 bits per heavy atom. The molecule has 5 nitrogen and oxygen atoms in total. The fraction of sp³-hybridized carbons (Fsp3) is 0.302. The number of hydrogen-bond acceptors (Lipinski definition) is 5. The van der Waals surface area contributed by atoms with Crippen molar-refractivity contribution >= 4 is 17.1 Å². The molecule has 0 N–H and O–H groups in total. The average Bonchev–Trinajstić information content (AvgIpc) is 3.36. The summed E-state index contributed by atoms with van der Waals surface area (Å²) in [5, 5.41) is 0. The van der Waals surface area contributed by atoms with Gasteiger partial charge in [0.15, 0.2) is 23.0 Å². The van der Waals surface area contributed by atoms with Gasteiger partial charge in [0.25, 0.3) is 0 Å². The summed E-state index contributed by atoms with van der Waals surface area (Å²) in [7, 11) is 6.81. The van der Waals surface area contributed by atoms with Gasteiger partial charge in [0, 0.05) is 11.8 Å². The third kappa shape index (κ3) is 4.51. The molecule has 1 atom stereocenters. The van der Waals surface area contributed by atoms with Crippen LogP contribution in [0.3, 0.4) is 0 Å². The number of anilines is 3. The highest BCUT2D eigenvalue weighted by Gasteiger charge is 2.53. The summed E-state index contributed by atoms with van der Waals surface area (Å²) in [5.74, 6) is 2.76. The summed E-state index contributed by atoms with van der Waals surface area (Å²) in [6.45, 7) is 13.7. The normalized spacial score (nSPS) is 16.2. The zero-order valence-electron chi connectivity index (χ0n) is 29.7. The predicted octanol–water partition coefficient (Wildman–Crippen LogP) is 10.5. The summed E-state index contributed by atoms with van der Waals surface area (Å²) in [6, 6.07) is 33.2. The second kappa shape index (κ2) is 11.1. The fourth-order valence-corrected chi connectivity index (χ4v) is 7.68. The van der Waals surface area contributed by atoms with Crippen LogP contribution in [0.4, 0.5) is 17.1 Å². The van der Waals surface area contributed by atoms with Crippen molar-refractivity contribution in [3.8, 4) is 34.1 Å². The summed E-state index contributed by atoms with van der Waals surface area (Å²) in [4.78, 5) is 2.42. The van der Waals surface area contributed by atoms with Crippen molar-refractivity contribution in [2.45, 2.75) is 57.8 Å². The maximum atomic E-state index is 6.03. The van der Waals surface area contributed by atoms with E-state index in [4.69, 9.17) is 18.9 Å². The lowest BCUT2D eigenvalue weighted by Crippen LogP contribution is -2.36. The molecular weight excluding hydrogens is 594 g/mol. The maximum Gasteiger partial charge on any atom is 0.162 e. The Labute approximate surface area is 285 Å². The van der Waals surface area contributed by atoms with E-state index in [1.807, 2.05) is 0 Å². The van der Waals surface area contributed by atoms with Crippen molar-refractivity contribution in [3.63, 3.8) is 0 Å². The molecule has 0 saturated heterocycles. The maximum absolute atomic E-state index is 6.03. The van der Waals surface area contributed by atoms with Gasteiger partial charge in [-0.25, -0.2) is 0 Å². The number of ether oxygens (including phenoxy) is 4. The molecule has 0 amide bonds. The fourth-order valence-electron chi connectivity index (χ4n) is 7.68. The third-order valence-corrected chi connectivity index (χ3v) is 10.2. The van der Waals surface area contributed by atoms with Crippen LogP contribution in [0.1, 0.15) is 74.9 Å². The van der Waals surface area contributed by atoms with Gasteiger partial charge in [0.05, 0.1) is 45.2 Å². The molecule has 1 aliphatic carbocycles. The molecule has 5 aromatic rings. The van der Waals surface area contributed by atoms with Gasteiger partial charge in [-0.05, 0) is 91.7 Å². The second-order valence-corrected chi connectivity index (χ2v) is 14.9. The topological polar surface area (TPSA) is 40.2 Å². The minimum atomic E-state index is -0.679. The zero-order chi connectivity index (χ0) is 34.2. The lowest BCUT2D eigenvalue weighted by atomic mass is 9.64. The molecule has 5 heteroatoms. The summed E-state index contributed by atoms with van der Waals surface area (Å²) in [6.07, 6.45) is 0. The highest BCUT2D eigenvalue weighted by molar-refractivity contribution is 5.97. The Morgan fingerprint density at radius 2 is 0.958 bits per heavy atom. The second-order valence-electron chi connectivity index (χ2n) is 14.9. The number of benzene rings is 5. The molecule has 7 rings (SSSR count). The lowest BCUT2D eigenvalue weighted by Gasteiger charge is -2.45. The van der Waals surface area contributed by atoms with Crippen molar-refractivity contribution in [2.75, 3.05) is 33.3 Å². The van der Waals surface area contributed by atoms with Gasteiger partial charge in [0.2, 0.25) is 0 Å². The van der Waals surface area contributed by atoms with Gasteiger partial charge in [-0.15, -0.1) is 0 Å². The molecule has 48 heavy (non-hydrogen) atoms. The smallest absolute Gasteiger partial charge is 0.162 e. The van der Waals surface area contributed by atoms with Crippen molar-refractivity contribution in [1.82, 2.24) is 0 Å². The molecule has 246 valence electrons. The van der Waals surface area contributed by atoms with Crippen LogP contribution in [0.15, 0.2) is 91.0 Å². The first-order valence-electron chi connectivity index (χ1n) is 16.6. The number of nitrogens with zero attached hydrogens (tertiary/aromatic N) is 1. The van der Waals surface area contributed by atoms with Crippen molar-refractivity contribution in [3.05, 3.63) is 124 Å². The van der Waals surface area contributed by atoms with Gasteiger partial charge < -0.3 is 23.8 Å². The van der Waals surface area contributed by atoms with Crippen LogP contribution in [0.25, 0.3) is 11.1 Å². The molecule has 1 heterocycles. The van der Waals surface area contributed by atoms with Gasteiger partial charge in [0.1, 0.15) is 0 Å². The van der Waals surface area contributed by atoms with Crippen LogP contribution in [-0.2, 0) is 16.2 Å². The Morgan fingerprint density at radius 1 is 0.458 bits per heavy atom. The molecule has 5 aromatic carbocycles. The highest BCUT2D eigenvalue weighted by Crippen LogP contribution is 2.65. The van der Waals surface area contributed by atoms with E-state index in [0.717, 1.165) is 33.8 Å². The van der Waals surface area contributed by atoms with Crippen LogP contribution in [0, 0.1) is 0 Å². The summed E-state index contributed by atoms with van der Waals surface area (Å²) < 4.78 is 23.8. The van der Waals surface area contributed by atoms with Crippen molar-refractivity contribution in [1.29, 1.82) is 0 Å². The van der Waals surface area contributed by atoms with E-state index in [1.165, 1.54) is 27.8 Å². The van der Waals surface area contributed by atoms with E-state index in [2.05, 4.69) is 137 Å². The van der Waals surface area contributed by atoms with E-state index >= 15 is 0 Å². The molecule has 0 radical (unpaired) electrons. The molecule has 0 aromatic heterocycles. The summed E-state index contributed by atoms with van der Waals surface area (Å²) >= 11 is 0. The van der Waals surface area contributed by atoms with Crippen LogP contribution in [0.5, 0.6) is 23.0 Å². The average molecular weight is 640 g/mol. The van der Waals surface area contributed by atoms with E-state index in [1.54, 1.807) is 28.4 Å². The molecule has 1 spiro atoms. The van der Waals surface area contributed by atoms with E-state index in [-0.39, 0.29) is 10.8 Å². The lowest BCUT2D eigenvalue weighted by molar-refractivity contribution is 0.353. The number of rotatable bonds is 5. The van der Waals surface area contributed by atoms with E-state index in [9.17, 15) is 0 Å². The van der Waals surface area contributed by atoms with Crippen LogP contribution < -0.4 is 23.8 Å². The quantitative estimate of drug-likeness (QED) is 0.187. The Hall–Kier alpha value is -4.90. The minimum absolute atomic E-state index is 0.0497. The van der Waals surface area contributed by atoms with E-state index < -0.39 is 5.41 Å². The Bertz CT molecular complexity index is 2030. The Kier molecular flexibility index (Phi) is 7.32. The summed E-state index contributed by atoms with van der Waals surface area (Å²) in [5.41, 5.74) is 12.0. The highest BCUT2D eigenvalue weighted by atomic mass is 16.5. The molecule has 1 unspecified atom stereocenters. The van der Waals surface area contributed by atoms with Crippen molar-refractivity contribution < 1.29 is 18.9 Å². The van der Waals surface area contributed by atoms with Gasteiger partial charge in [-0.1, -0.05) is 90.1 Å². The van der Waals surface area contributed by atoms with Crippen molar-refractivity contribution in [2.24, 2.45) is 0 Å². The van der Waals surface area contributed by atoms with Crippen LogP contribution in [-0.4, -0.2) is 28.4 Å². The SMILES string of the molecule is COc1cc2c(cc1OC)C1(c3ccccc3-2)c2ccccc2N(c2cc(C(C)(C)C)cc(C(C)(C)C)c2)c2cc(OC)c(OC)cc21. The predicted molar refractivity (Wildman–Crippen MR) is 196 cm³/mol. The van der Waals surface area contributed by atoms with Gasteiger partial charge in [-0.2, -0.15) is 0 Å². The molecule has 0 saturated carbocycles. The first-order chi connectivity index (χ1) is 22.9. The zero-order valence-corrected chi connectivity index (χ0v) is 29.7. The minimum Gasteiger partial charge on any atom is -0.493 e. The van der Waals surface area contributed by atoms with E-state index in [0.29, 0.717) is 23.0 Å².